The summed E-state index contributed by atoms with van der Waals surface area (Å²) in [4.78, 5) is 25.9. The van der Waals surface area contributed by atoms with Crippen molar-refractivity contribution in [1.82, 2.24) is 9.88 Å². The standard InChI is InChI=1S/C25H27FN2O4/c1-4-6-13-27-22(29)16-28-15-19(17-7-9-18(31-3)10-8-17)25(30)23-20(26)11-12-21(24(23)28)32-14-5-2/h5,7-12,15H,2,4,6,13-14,16H2,1,3H3,(H,27,29). The van der Waals surface area contributed by atoms with Crippen molar-refractivity contribution >= 4 is 16.8 Å². The lowest BCUT2D eigenvalue weighted by Crippen LogP contribution is -2.29. The maximum atomic E-state index is 14.9. The normalized spacial score (nSPS) is 10.7. The minimum atomic E-state index is -0.675. The first-order valence-electron chi connectivity index (χ1n) is 10.5. The summed E-state index contributed by atoms with van der Waals surface area (Å²) in [5.74, 6) is 0.0342. The molecule has 1 heterocycles. The first-order valence-corrected chi connectivity index (χ1v) is 10.5. The molecule has 0 fully saturated rings. The zero-order chi connectivity index (χ0) is 23.1. The van der Waals surface area contributed by atoms with Gasteiger partial charge in [-0.1, -0.05) is 38.1 Å². The smallest absolute Gasteiger partial charge is 0.239 e. The number of ether oxygens (including phenoxy) is 2. The van der Waals surface area contributed by atoms with Crippen LogP contribution >= 0.6 is 0 Å². The molecule has 2 aromatic carbocycles. The topological polar surface area (TPSA) is 69.6 Å². The van der Waals surface area contributed by atoms with Gasteiger partial charge in [0.15, 0.2) is 5.43 Å². The molecule has 0 aliphatic rings. The van der Waals surface area contributed by atoms with Crippen molar-refractivity contribution in [2.24, 2.45) is 0 Å². The van der Waals surface area contributed by atoms with E-state index in [9.17, 15) is 14.0 Å². The number of unbranched alkanes of at least 4 members (excludes halogenated alkanes) is 1. The van der Waals surface area contributed by atoms with Gasteiger partial charge in [-0.05, 0) is 36.2 Å². The average Bonchev–Trinajstić information content (AvgIpc) is 2.80. The number of halogens is 1. The van der Waals surface area contributed by atoms with Crippen LogP contribution in [0.1, 0.15) is 19.8 Å². The molecule has 1 amide bonds. The zero-order valence-electron chi connectivity index (χ0n) is 18.3. The molecule has 0 saturated carbocycles. The molecule has 7 heteroatoms. The summed E-state index contributed by atoms with van der Waals surface area (Å²) in [6, 6.07) is 9.55. The van der Waals surface area contributed by atoms with E-state index in [2.05, 4.69) is 11.9 Å². The Morgan fingerprint density at radius 3 is 2.62 bits per heavy atom. The number of nitrogens with zero attached hydrogens (tertiary/aromatic N) is 1. The molecule has 0 spiro atoms. The number of carbonyl (C=O) groups is 1. The summed E-state index contributed by atoms with van der Waals surface area (Å²) >= 11 is 0. The van der Waals surface area contributed by atoms with Crippen molar-refractivity contribution in [2.45, 2.75) is 26.3 Å². The summed E-state index contributed by atoms with van der Waals surface area (Å²) in [5.41, 5.74) is 0.630. The maximum Gasteiger partial charge on any atom is 0.239 e. The van der Waals surface area contributed by atoms with Crippen LogP contribution in [0.4, 0.5) is 4.39 Å². The summed E-state index contributed by atoms with van der Waals surface area (Å²) in [6.45, 7) is 6.31. The predicted octanol–water partition coefficient (Wildman–Crippen LogP) is 4.30. The van der Waals surface area contributed by atoms with Crippen LogP contribution in [0.25, 0.3) is 22.0 Å². The third kappa shape index (κ3) is 4.99. The van der Waals surface area contributed by atoms with E-state index in [4.69, 9.17) is 9.47 Å². The Labute approximate surface area is 186 Å². The number of aromatic nitrogens is 1. The molecular weight excluding hydrogens is 411 g/mol. The monoisotopic (exact) mass is 438 g/mol. The fraction of sp³-hybridized carbons (Fsp3) is 0.280. The molecule has 0 saturated heterocycles. The van der Waals surface area contributed by atoms with Gasteiger partial charge < -0.3 is 19.4 Å². The number of amides is 1. The van der Waals surface area contributed by atoms with Crippen molar-refractivity contribution in [3.8, 4) is 22.6 Å². The Bertz CT molecular complexity index is 1170. The van der Waals surface area contributed by atoms with E-state index in [-0.39, 0.29) is 35.5 Å². The fourth-order valence-electron chi connectivity index (χ4n) is 3.44. The minimum absolute atomic E-state index is 0.0858. The molecule has 0 aliphatic heterocycles. The van der Waals surface area contributed by atoms with Gasteiger partial charge in [0.05, 0.1) is 18.0 Å². The molecule has 0 atom stereocenters. The Morgan fingerprint density at radius 2 is 1.97 bits per heavy atom. The van der Waals surface area contributed by atoms with Gasteiger partial charge in [-0.3, -0.25) is 9.59 Å². The lowest BCUT2D eigenvalue weighted by molar-refractivity contribution is -0.121. The van der Waals surface area contributed by atoms with Gasteiger partial charge in [0.25, 0.3) is 0 Å². The van der Waals surface area contributed by atoms with Gasteiger partial charge in [-0.15, -0.1) is 0 Å². The van der Waals surface area contributed by atoms with Crippen LogP contribution in [0.15, 0.2) is 60.0 Å². The largest absolute Gasteiger partial charge is 0.497 e. The van der Waals surface area contributed by atoms with Crippen LogP contribution in [-0.4, -0.2) is 30.7 Å². The molecule has 3 aromatic rings. The van der Waals surface area contributed by atoms with E-state index < -0.39 is 11.2 Å². The second-order valence-electron chi connectivity index (χ2n) is 7.30. The summed E-state index contributed by atoms with van der Waals surface area (Å²) in [5, 5.41) is 2.73. The summed E-state index contributed by atoms with van der Waals surface area (Å²) in [6.07, 6.45) is 4.94. The van der Waals surface area contributed by atoms with E-state index in [0.717, 1.165) is 12.8 Å². The SMILES string of the molecule is C=CCOc1ccc(F)c2c(=O)c(-c3ccc(OC)cc3)cn(CC(=O)NCCCC)c12. The Morgan fingerprint density at radius 1 is 1.22 bits per heavy atom. The highest BCUT2D eigenvalue weighted by Gasteiger charge is 2.19. The molecule has 0 aliphatic carbocycles. The van der Waals surface area contributed by atoms with Crippen molar-refractivity contribution in [3.05, 3.63) is 71.3 Å². The lowest BCUT2D eigenvalue weighted by atomic mass is 10.0. The van der Waals surface area contributed by atoms with Crippen LogP contribution in [0.2, 0.25) is 0 Å². The Balaban J connectivity index is 2.19. The lowest BCUT2D eigenvalue weighted by Gasteiger charge is -2.17. The van der Waals surface area contributed by atoms with E-state index in [0.29, 0.717) is 23.6 Å². The summed E-state index contributed by atoms with van der Waals surface area (Å²) in [7, 11) is 1.55. The van der Waals surface area contributed by atoms with Crippen LogP contribution in [0.5, 0.6) is 11.5 Å². The van der Waals surface area contributed by atoms with Gasteiger partial charge in [0.1, 0.15) is 30.5 Å². The van der Waals surface area contributed by atoms with Crippen molar-refractivity contribution in [2.75, 3.05) is 20.3 Å². The van der Waals surface area contributed by atoms with E-state index >= 15 is 0 Å². The van der Waals surface area contributed by atoms with Gasteiger partial charge in [-0.2, -0.15) is 0 Å². The van der Waals surface area contributed by atoms with Gasteiger partial charge in [-0.25, -0.2) is 4.39 Å². The van der Waals surface area contributed by atoms with Crippen LogP contribution in [-0.2, 0) is 11.3 Å². The number of pyridine rings is 1. The summed E-state index contributed by atoms with van der Waals surface area (Å²) < 4.78 is 27.4. The third-order valence-corrected chi connectivity index (χ3v) is 5.06. The molecule has 0 unspecified atom stereocenters. The zero-order valence-corrected chi connectivity index (χ0v) is 18.3. The molecule has 0 bridgehead atoms. The minimum Gasteiger partial charge on any atom is -0.497 e. The highest BCUT2D eigenvalue weighted by molar-refractivity contribution is 5.90. The van der Waals surface area contributed by atoms with E-state index in [1.807, 2.05) is 6.92 Å². The average molecular weight is 438 g/mol. The molecule has 3 rings (SSSR count). The first kappa shape index (κ1) is 23.1. The number of hydrogen-bond acceptors (Lipinski definition) is 4. The van der Waals surface area contributed by atoms with Crippen LogP contribution in [0.3, 0.4) is 0 Å². The number of nitrogens with one attached hydrogen (secondary N) is 1. The second-order valence-corrected chi connectivity index (χ2v) is 7.30. The van der Waals surface area contributed by atoms with E-state index in [1.165, 1.54) is 12.1 Å². The molecule has 0 radical (unpaired) electrons. The third-order valence-electron chi connectivity index (χ3n) is 5.06. The van der Waals surface area contributed by atoms with Gasteiger partial charge in [0.2, 0.25) is 5.91 Å². The molecular formula is C25H27FN2O4. The van der Waals surface area contributed by atoms with Gasteiger partial charge in [0, 0.05) is 18.3 Å². The second kappa shape index (κ2) is 10.6. The fourth-order valence-corrected chi connectivity index (χ4v) is 3.44. The number of carbonyl (C=O) groups excluding carboxylic acids is 1. The van der Waals surface area contributed by atoms with Gasteiger partial charge >= 0.3 is 0 Å². The van der Waals surface area contributed by atoms with Crippen molar-refractivity contribution < 1.29 is 18.7 Å². The quantitative estimate of drug-likeness (QED) is 0.379. The number of rotatable bonds is 10. The van der Waals surface area contributed by atoms with Crippen LogP contribution in [0, 0.1) is 5.82 Å². The molecule has 168 valence electrons. The Hall–Kier alpha value is -3.61. The van der Waals surface area contributed by atoms with Crippen molar-refractivity contribution in [3.63, 3.8) is 0 Å². The maximum absolute atomic E-state index is 14.9. The number of fused-ring (bicyclic) bond motifs is 1. The predicted molar refractivity (Wildman–Crippen MR) is 124 cm³/mol. The highest BCUT2D eigenvalue weighted by Crippen LogP contribution is 2.29. The van der Waals surface area contributed by atoms with Crippen LogP contribution < -0.4 is 20.2 Å². The number of hydrogen-bond donors (Lipinski definition) is 1. The molecule has 6 nitrogen and oxygen atoms in total. The van der Waals surface area contributed by atoms with E-state index in [1.54, 1.807) is 48.2 Å². The molecule has 1 aromatic heterocycles. The Kier molecular flexibility index (Phi) is 7.65. The molecule has 1 N–H and O–H groups in total. The first-order chi connectivity index (χ1) is 15.5. The number of benzene rings is 2. The molecule has 32 heavy (non-hydrogen) atoms. The number of methoxy groups -OCH3 is 1. The van der Waals surface area contributed by atoms with Crippen molar-refractivity contribution in [1.29, 1.82) is 0 Å². The highest BCUT2D eigenvalue weighted by atomic mass is 19.1.